The van der Waals surface area contributed by atoms with E-state index in [2.05, 4.69) is 47.0 Å². The zero-order chi connectivity index (χ0) is 21.0. The van der Waals surface area contributed by atoms with Gasteiger partial charge in [0.2, 0.25) is 11.8 Å². The van der Waals surface area contributed by atoms with Gasteiger partial charge in [0.05, 0.1) is 16.7 Å². The highest BCUT2D eigenvalue weighted by atomic mass is 32.2. The normalized spacial score (nSPS) is 18.3. The lowest BCUT2D eigenvalue weighted by Gasteiger charge is -2.45. The van der Waals surface area contributed by atoms with Crippen LogP contribution in [0.3, 0.4) is 0 Å². The molecule has 0 saturated carbocycles. The van der Waals surface area contributed by atoms with E-state index in [9.17, 15) is 9.59 Å². The second kappa shape index (κ2) is 8.73. The van der Waals surface area contributed by atoms with Crippen molar-refractivity contribution in [2.24, 2.45) is 5.73 Å². The van der Waals surface area contributed by atoms with E-state index in [4.69, 9.17) is 5.73 Å². The first-order chi connectivity index (χ1) is 14.6. The predicted molar refractivity (Wildman–Crippen MR) is 120 cm³/mol. The van der Waals surface area contributed by atoms with Gasteiger partial charge in [0.1, 0.15) is 6.04 Å². The molecule has 2 atom stereocenters. The summed E-state index contributed by atoms with van der Waals surface area (Å²) in [6.07, 6.45) is 0. The average molecular weight is 418 g/mol. The van der Waals surface area contributed by atoms with Crippen LogP contribution >= 0.6 is 11.8 Å². The van der Waals surface area contributed by atoms with Gasteiger partial charge in [-0.3, -0.25) is 14.9 Å². The Balaban J connectivity index is 1.83. The summed E-state index contributed by atoms with van der Waals surface area (Å²) >= 11 is 1.34. The van der Waals surface area contributed by atoms with Crippen molar-refractivity contribution in [1.29, 1.82) is 0 Å². The number of thioether (sulfide) groups is 1. The molecule has 3 aromatic rings. The molecule has 2 amide bonds. The molecule has 0 aromatic heterocycles. The molecule has 152 valence electrons. The van der Waals surface area contributed by atoms with Gasteiger partial charge in [-0.25, -0.2) is 0 Å². The fraction of sp³-hybridized carbons (Fsp3) is 0.167. The summed E-state index contributed by atoms with van der Waals surface area (Å²) in [5.41, 5.74) is 7.65. The number of nitrogens with one attached hydrogen (secondary N) is 2. The maximum absolute atomic E-state index is 12.6. The van der Waals surface area contributed by atoms with Gasteiger partial charge in [-0.05, 0) is 16.7 Å². The van der Waals surface area contributed by atoms with Gasteiger partial charge >= 0.3 is 0 Å². The van der Waals surface area contributed by atoms with Gasteiger partial charge in [0.25, 0.3) is 0 Å². The lowest BCUT2D eigenvalue weighted by Crippen LogP contribution is -2.70. The van der Waals surface area contributed by atoms with Crippen LogP contribution in [0.25, 0.3) is 0 Å². The van der Waals surface area contributed by atoms with E-state index in [1.54, 1.807) is 0 Å². The van der Waals surface area contributed by atoms with Gasteiger partial charge in [0, 0.05) is 0 Å². The molecule has 0 radical (unpaired) electrons. The van der Waals surface area contributed by atoms with Crippen LogP contribution in [0.2, 0.25) is 0 Å². The van der Waals surface area contributed by atoms with Crippen LogP contribution in [0.5, 0.6) is 0 Å². The first-order valence-electron chi connectivity index (χ1n) is 9.76. The van der Waals surface area contributed by atoms with E-state index in [1.807, 2.05) is 54.6 Å². The molecule has 1 fully saturated rings. The molecule has 6 heteroatoms. The third-order valence-corrected chi connectivity index (χ3v) is 6.47. The number of hydrogen-bond acceptors (Lipinski definition) is 4. The van der Waals surface area contributed by atoms with Crippen LogP contribution < -0.4 is 16.4 Å². The summed E-state index contributed by atoms with van der Waals surface area (Å²) in [7, 11) is 0. The fourth-order valence-corrected chi connectivity index (χ4v) is 4.78. The third kappa shape index (κ3) is 3.84. The molecular formula is C24H23N3O2S. The zero-order valence-electron chi connectivity index (χ0n) is 16.3. The number of carbonyl (C=O) groups is 2. The molecule has 0 bridgehead atoms. The minimum Gasteiger partial charge on any atom is -0.369 e. The van der Waals surface area contributed by atoms with E-state index < -0.39 is 17.5 Å². The summed E-state index contributed by atoms with van der Waals surface area (Å²) in [5, 5.41) is 6.30. The Kier molecular flexibility index (Phi) is 5.88. The van der Waals surface area contributed by atoms with Crippen LogP contribution in [0.15, 0.2) is 91.0 Å². The van der Waals surface area contributed by atoms with Crippen LogP contribution in [0.1, 0.15) is 16.7 Å². The Morgan fingerprint density at radius 3 is 1.67 bits per heavy atom. The van der Waals surface area contributed by atoms with Crippen molar-refractivity contribution in [1.82, 2.24) is 10.6 Å². The third-order valence-electron chi connectivity index (χ3n) is 5.27. The van der Waals surface area contributed by atoms with Crippen LogP contribution in [0.4, 0.5) is 0 Å². The molecular weight excluding hydrogens is 394 g/mol. The van der Waals surface area contributed by atoms with Crippen molar-refractivity contribution in [2.75, 3.05) is 5.75 Å². The van der Waals surface area contributed by atoms with Crippen LogP contribution in [-0.4, -0.2) is 29.0 Å². The van der Waals surface area contributed by atoms with Gasteiger partial charge in [-0.2, -0.15) is 0 Å². The lowest BCUT2D eigenvalue weighted by molar-refractivity contribution is -0.130. The quantitative estimate of drug-likeness (QED) is 0.389. The monoisotopic (exact) mass is 417 g/mol. The number of nitrogens with two attached hydrogens (primary N) is 1. The fourth-order valence-electron chi connectivity index (χ4n) is 3.85. The summed E-state index contributed by atoms with van der Waals surface area (Å²) in [6.45, 7) is 0. The van der Waals surface area contributed by atoms with Crippen molar-refractivity contribution >= 4 is 23.6 Å². The maximum atomic E-state index is 12.6. The first-order valence-corrected chi connectivity index (χ1v) is 10.8. The highest BCUT2D eigenvalue weighted by Crippen LogP contribution is 2.38. The Bertz CT molecular complexity index is 916. The number of rotatable bonds is 8. The van der Waals surface area contributed by atoms with E-state index >= 15 is 0 Å². The predicted octanol–water partition coefficient (Wildman–Crippen LogP) is 2.61. The van der Waals surface area contributed by atoms with E-state index in [0.717, 1.165) is 16.7 Å². The zero-order valence-corrected chi connectivity index (χ0v) is 17.1. The SMILES string of the molecule is NC(=O)CS[C@@H]1NC(=O)[C@H]1NC(c1ccccc1)(c1ccccc1)c1ccccc1. The van der Waals surface area contributed by atoms with Gasteiger partial charge in [-0.15, -0.1) is 11.8 Å². The molecule has 3 aromatic carbocycles. The van der Waals surface area contributed by atoms with E-state index in [1.165, 1.54) is 11.8 Å². The second-order valence-corrected chi connectivity index (χ2v) is 8.31. The molecule has 4 rings (SSSR count). The number of carbonyl (C=O) groups excluding carboxylic acids is 2. The van der Waals surface area contributed by atoms with Gasteiger partial charge in [0.15, 0.2) is 0 Å². The summed E-state index contributed by atoms with van der Waals surface area (Å²) < 4.78 is 0. The largest absolute Gasteiger partial charge is 0.369 e. The standard InChI is InChI=1S/C24H23N3O2S/c25-20(28)16-30-23-21(22(29)26-23)27-24(17-10-4-1-5-11-17,18-12-6-2-7-13-18)19-14-8-3-9-15-19/h1-15,21,23,27H,16H2,(H2,25,28)(H,26,29)/t21-,23+/m1/s1. The molecule has 0 aliphatic carbocycles. The first kappa shape index (κ1) is 20.2. The minimum absolute atomic E-state index is 0.0934. The molecule has 0 unspecified atom stereocenters. The van der Waals surface area contributed by atoms with Crippen molar-refractivity contribution in [3.05, 3.63) is 108 Å². The maximum Gasteiger partial charge on any atom is 0.241 e. The molecule has 0 spiro atoms. The summed E-state index contributed by atoms with van der Waals surface area (Å²) in [5.74, 6) is -0.345. The Morgan fingerprint density at radius 1 is 0.867 bits per heavy atom. The van der Waals surface area contributed by atoms with Gasteiger partial charge in [-0.1, -0.05) is 91.0 Å². The molecule has 1 aliphatic rings. The van der Waals surface area contributed by atoms with E-state index in [-0.39, 0.29) is 17.0 Å². The van der Waals surface area contributed by atoms with Gasteiger partial charge < -0.3 is 11.1 Å². The van der Waals surface area contributed by atoms with Crippen molar-refractivity contribution < 1.29 is 9.59 Å². The topological polar surface area (TPSA) is 84.2 Å². The van der Waals surface area contributed by atoms with Crippen LogP contribution in [-0.2, 0) is 15.1 Å². The Hall–Kier alpha value is -3.09. The number of primary amides is 1. The van der Waals surface area contributed by atoms with Crippen molar-refractivity contribution in [2.45, 2.75) is 17.0 Å². The minimum atomic E-state index is -0.738. The molecule has 4 N–H and O–H groups in total. The van der Waals surface area contributed by atoms with E-state index in [0.29, 0.717) is 0 Å². The van der Waals surface area contributed by atoms with Crippen molar-refractivity contribution in [3.63, 3.8) is 0 Å². The molecule has 5 nitrogen and oxygen atoms in total. The molecule has 1 aliphatic heterocycles. The average Bonchev–Trinajstić information content (AvgIpc) is 2.79. The molecule has 1 heterocycles. The molecule has 1 saturated heterocycles. The number of β-lactam (4-membered cyclic amide) rings is 1. The Morgan fingerprint density at radius 2 is 1.30 bits per heavy atom. The lowest BCUT2D eigenvalue weighted by atomic mass is 9.76. The summed E-state index contributed by atoms with van der Waals surface area (Å²) in [6, 6.07) is 29.8. The highest BCUT2D eigenvalue weighted by Gasteiger charge is 2.47. The number of benzene rings is 3. The Labute approximate surface area is 180 Å². The second-order valence-electron chi connectivity index (χ2n) is 7.18. The van der Waals surface area contributed by atoms with Crippen LogP contribution in [0, 0.1) is 0 Å². The van der Waals surface area contributed by atoms with Crippen molar-refractivity contribution in [3.8, 4) is 0 Å². The highest BCUT2D eigenvalue weighted by molar-refractivity contribution is 8.00. The number of hydrogen-bond donors (Lipinski definition) is 3. The summed E-state index contributed by atoms with van der Waals surface area (Å²) in [4.78, 5) is 23.8. The molecule has 30 heavy (non-hydrogen) atoms. The smallest absolute Gasteiger partial charge is 0.241 e. The number of amides is 2.